The van der Waals surface area contributed by atoms with Crippen LogP contribution in [-0.2, 0) is 6.54 Å². The summed E-state index contributed by atoms with van der Waals surface area (Å²) in [5.74, 6) is 1.44. The lowest BCUT2D eigenvalue weighted by Gasteiger charge is -2.11. The van der Waals surface area contributed by atoms with Gasteiger partial charge in [-0.05, 0) is 18.1 Å². The number of nitrogens with zero attached hydrogens (tertiary/aromatic N) is 3. The third kappa shape index (κ3) is 4.29. The molecule has 0 aliphatic rings. The van der Waals surface area contributed by atoms with Gasteiger partial charge in [0.25, 0.3) is 0 Å². The van der Waals surface area contributed by atoms with E-state index in [-0.39, 0.29) is 0 Å². The van der Waals surface area contributed by atoms with Gasteiger partial charge in [0.15, 0.2) is 0 Å². The maximum atomic E-state index is 4.62. The standard InChI is InChI=1S/C19H21N5/c1-2-10-21-19-23-17(16-8-4-3-5-9-16)12-18(24-19)22-14-15-7-6-11-20-13-15/h3-9,11-13H,2,10,14H2,1H3,(H2,21,22,23,24). The zero-order valence-corrected chi connectivity index (χ0v) is 13.7. The van der Waals surface area contributed by atoms with Gasteiger partial charge < -0.3 is 10.6 Å². The Morgan fingerprint density at radius 3 is 2.58 bits per heavy atom. The molecule has 0 saturated carbocycles. The largest absolute Gasteiger partial charge is 0.366 e. The molecule has 0 aliphatic carbocycles. The first-order valence-electron chi connectivity index (χ1n) is 8.16. The van der Waals surface area contributed by atoms with Gasteiger partial charge in [-0.2, -0.15) is 4.98 Å². The molecule has 3 rings (SSSR count). The highest BCUT2D eigenvalue weighted by molar-refractivity contribution is 5.64. The second-order valence-corrected chi connectivity index (χ2v) is 5.47. The highest BCUT2D eigenvalue weighted by Gasteiger charge is 2.06. The van der Waals surface area contributed by atoms with E-state index in [1.165, 1.54) is 0 Å². The number of benzene rings is 1. The lowest BCUT2D eigenvalue weighted by Crippen LogP contribution is -2.08. The van der Waals surface area contributed by atoms with Crippen LogP contribution in [0.5, 0.6) is 0 Å². The molecule has 0 amide bonds. The van der Waals surface area contributed by atoms with Crippen LogP contribution in [0.3, 0.4) is 0 Å². The molecular formula is C19H21N5. The van der Waals surface area contributed by atoms with Crippen molar-refractivity contribution in [2.24, 2.45) is 0 Å². The third-order valence-electron chi connectivity index (χ3n) is 3.53. The van der Waals surface area contributed by atoms with Crippen LogP contribution in [0.4, 0.5) is 11.8 Å². The molecule has 0 atom stereocenters. The fourth-order valence-corrected chi connectivity index (χ4v) is 2.31. The topological polar surface area (TPSA) is 62.7 Å². The molecule has 0 fully saturated rings. The predicted molar refractivity (Wildman–Crippen MR) is 97.8 cm³/mol. The van der Waals surface area contributed by atoms with E-state index < -0.39 is 0 Å². The molecule has 0 unspecified atom stereocenters. The molecule has 0 saturated heterocycles. The summed E-state index contributed by atoms with van der Waals surface area (Å²) in [7, 11) is 0. The van der Waals surface area contributed by atoms with Gasteiger partial charge in [-0.1, -0.05) is 43.3 Å². The summed E-state index contributed by atoms with van der Waals surface area (Å²) in [5.41, 5.74) is 3.09. The van der Waals surface area contributed by atoms with Gasteiger partial charge in [-0.15, -0.1) is 0 Å². The highest BCUT2D eigenvalue weighted by Crippen LogP contribution is 2.21. The molecule has 5 nitrogen and oxygen atoms in total. The van der Waals surface area contributed by atoms with Crippen LogP contribution in [0.1, 0.15) is 18.9 Å². The van der Waals surface area contributed by atoms with Crippen molar-refractivity contribution in [3.8, 4) is 11.3 Å². The van der Waals surface area contributed by atoms with Gasteiger partial charge >= 0.3 is 0 Å². The Bertz CT molecular complexity index is 759. The van der Waals surface area contributed by atoms with E-state index in [2.05, 4.69) is 44.6 Å². The van der Waals surface area contributed by atoms with Crippen LogP contribution < -0.4 is 10.6 Å². The average Bonchev–Trinajstić information content (AvgIpc) is 2.66. The Hall–Kier alpha value is -2.95. The molecule has 2 heterocycles. The summed E-state index contributed by atoms with van der Waals surface area (Å²) >= 11 is 0. The van der Waals surface area contributed by atoms with Gasteiger partial charge in [-0.3, -0.25) is 4.98 Å². The molecule has 0 spiro atoms. The first kappa shape index (κ1) is 15.9. The maximum absolute atomic E-state index is 4.62. The Kier molecular flexibility index (Phi) is 5.35. The summed E-state index contributed by atoms with van der Waals surface area (Å²) in [4.78, 5) is 13.3. The van der Waals surface area contributed by atoms with Crippen molar-refractivity contribution in [3.05, 3.63) is 66.5 Å². The molecule has 1 aromatic carbocycles. The van der Waals surface area contributed by atoms with Crippen molar-refractivity contribution in [1.82, 2.24) is 15.0 Å². The van der Waals surface area contributed by atoms with E-state index in [9.17, 15) is 0 Å². The van der Waals surface area contributed by atoms with Crippen LogP contribution in [0.25, 0.3) is 11.3 Å². The van der Waals surface area contributed by atoms with Crippen LogP contribution >= 0.6 is 0 Å². The summed E-state index contributed by atoms with van der Waals surface area (Å²) in [5, 5.41) is 6.63. The number of aromatic nitrogens is 3. The van der Waals surface area contributed by atoms with E-state index in [0.29, 0.717) is 12.5 Å². The Labute approximate surface area is 142 Å². The van der Waals surface area contributed by atoms with E-state index in [4.69, 9.17) is 0 Å². The summed E-state index contributed by atoms with van der Waals surface area (Å²) < 4.78 is 0. The molecule has 2 N–H and O–H groups in total. The lowest BCUT2D eigenvalue weighted by molar-refractivity contribution is 0.951. The smallest absolute Gasteiger partial charge is 0.225 e. The quantitative estimate of drug-likeness (QED) is 0.690. The molecule has 0 bridgehead atoms. The molecule has 122 valence electrons. The number of hydrogen-bond acceptors (Lipinski definition) is 5. The number of rotatable bonds is 7. The fraction of sp³-hybridized carbons (Fsp3) is 0.211. The summed E-state index contributed by atoms with van der Waals surface area (Å²) in [6.45, 7) is 3.64. The van der Waals surface area contributed by atoms with E-state index in [0.717, 1.165) is 35.6 Å². The number of hydrogen-bond donors (Lipinski definition) is 2. The molecule has 0 aliphatic heterocycles. The number of pyridine rings is 1. The van der Waals surface area contributed by atoms with Crippen LogP contribution in [0.15, 0.2) is 60.9 Å². The molecule has 0 radical (unpaired) electrons. The average molecular weight is 319 g/mol. The van der Waals surface area contributed by atoms with Crippen LogP contribution in [-0.4, -0.2) is 21.5 Å². The predicted octanol–water partition coefficient (Wildman–Crippen LogP) is 3.97. The van der Waals surface area contributed by atoms with Gasteiger partial charge in [0.2, 0.25) is 5.95 Å². The van der Waals surface area contributed by atoms with Crippen molar-refractivity contribution in [1.29, 1.82) is 0 Å². The van der Waals surface area contributed by atoms with Gasteiger partial charge in [0, 0.05) is 37.1 Å². The Morgan fingerprint density at radius 1 is 0.958 bits per heavy atom. The van der Waals surface area contributed by atoms with Crippen molar-refractivity contribution >= 4 is 11.8 Å². The minimum atomic E-state index is 0.645. The van der Waals surface area contributed by atoms with Crippen molar-refractivity contribution < 1.29 is 0 Å². The van der Waals surface area contributed by atoms with Crippen LogP contribution in [0.2, 0.25) is 0 Å². The fourth-order valence-electron chi connectivity index (χ4n) is 2.31. The Balaban J connectivity index is 1.84. The highest BCUT2D eigenvalue weighted by atomic mass is 15.1. The molecule has 2 aromatic heterocycles. The molecule has 5 heteroatoms. The SMILES string of the molecule is CCCNc1nc(NCc2cccnc2)cc(-c2ccccc2)n1. The van der Waals surface area contributed by atoms with E-state index >= 15 is 0 Å². The molecule has 3 aromatic rings. The number of anilines is 2. The minimum absolute atomic E-state index is 0.645. The van der Waals surface area contributed by atoms with Crippen molar-refractivity contribution in [2.75, 3.05) is 17.2 Å². The zero-order valence-electron chi connectivity index (χ0n) is 13.7. The molecule has 24 heavy (non-hydrogen) atoms. The minimum Gasteiger partial charge on any atom is -0.366 e. The summed E-state index contributed by atoms with van der Waals surface area (Å²) in [6.07, 6.45) is 4.65. The second-order valence-electron chi connectivity index (χ2n) is 5.47. The van der Waals surface area contributed by atoms with Gasteiger partial charge in [0.1, 0.15) is 5.82 Å². The third-order valence-corrected chi connectivity index (χ3v) is 3.53. The number of nitrogens with one attached hydrogen (secondary N) is 2. The summed E-state index contributed by atoms with van der Waals surface area (Å²) in [6, 6.07) is 16.1. The maximum Gasteiger partial charge on any atom is 0.225 e. The van der Waals surface area contributed by atoms with Crippen molar-refractivity contribution in [3.63, 3.8) is 0 Å². The monoisotopic (exact) mass is 319 g/mol. The lowest BCUT2D eigenvalue weighted by atomic mass is 10.1. The first-order chi connectivity index (χ1) is 11.8. The molecular weight excluding hydrogens is 298 g/mol. The first-order valence-corrected chi connectivity index (χ1v) is 8.16. The zero-order chi connectivity index (χ0) is 16.6. The normalized spacial score (nSPS) is 10.4. The van der Waals surface area contributed by atoms with E-state index in [1.807, 2.05) is 42.6 Å². The Morgan fingerprint density at radius 2 is 1.83 bits per heavy atom. The van der Waals surface area contributed by atoms with Crippen LogP contribution in [0, 0.1) is 0 Å². The van der Waals surface area contributed by atoms with Gasteiger partial charge in [0.05, 0.1) is 5.69 Å². The van der Waals surface area contributed by atoms with Crippen molar-refractivity contribution in [2.45, 2.75) is 19.9 Å². The van der Waals surface area contributed by atoms with E-state index in [1.54, 1.807) is 6.20 Å². The second kappa shape index (κ2) is 8.06. The van der Waals surface area contributed by atoms with Gasteiger partial charge in [-0.25, -0.2) is 4.98 Å².